The maximum Gasteiger partial charge on any atom is 0.311 e. The van der Waals surface area contributed by atoms with Gasteiger partial charge in [-0.25, -0.2) is 0 Å². The van der Waals surface area contributed by atoms with Crippen molar-refractivity contribution < 1.29 is 48.6 Å². The van der Waals surface area contributed by atoms with Crippen LogP contribution in [0.2, 0.25) is 0 Å². The fraction of sp³-hybridized carbons (Fsp3) is 0.750. The van der Waals surface area contributed by atoms with Gasteiger partial charge in [-0.05, 0) is 65.7 Å². The summed E-state index contributed by atoms with van der Waals surface area (Å²) in [6.07, 6.45) is -2.34. The molecule has 10 atom stereocenters. The van der Waals surface area contributed by atoms with E-state index in [0.29, 0.717) is 23.7 Å². The lowest BCUT2D eigenvalue weighted by atomic mass is 9.66. The van der Waals surface area contributed by atoms with Gasteiger partial charge in [0, 0.05) is 30.8 Å². The lowest BCUT2D eigenvalue weighted by molar-refractivity contribution is -0.452. The number of hydrogen-bond acceptors (Lipinski definition) is 10. The minimum atomic E-state index is -1.89. The normalized spacial score (nSPS) is 36.7. The molecule has 10 nitrogen and oxygen atoms in total. The number of hydrogen-bond donors (Lipinski definition) is 3. The Balaban J connectivity index is 1.66. The summed E-state index contributed by atoms with van der Waals surface area (Å²) >= 11 is 3.32. The Hall–Kier alpha value is -1.76. The van der Waals surface area contributed by atoms with Gasteiger partial charge in [-0.15, -0.1) is 0 Å². The molecular formula is C32H47BrO10. The number of ether oxygens (including phenoxy) is 5. The number of carbonyl (C=O) groups is 2. The van der Waals surface area contributed by atoms with E-state index in [1.165, 1.54) is 6.92 Å². The minimum Gasteiger partial charge on any atom is -0.507 e. The van der Waals surface area contributed by atoms with Gasteiger partial charge in [-0.3, -0.25) is 9.59 Å². The van der Waals surface area contributed by atoms with Crippen LogP contribution in [0.3, 0.4) is 0 Å². The van der Waals surface area contributed by atoms with Crippen molar-refractivity contribution in [2.24, 2.45) is 23.2 Å². The van der Waals surface area contributed by atoms with E-state index in [1.54, 1.807) is 19.2 Å². The van der Waals surface area contributed by atoms with E-state index in [9.17, 15) is 24.9 Å². The first kappa shape index (κ1) is 34.1. The van der Waals surface area contributed by atoms with Crippen molar-refractivity contribution >= 4 is 27.9 Å². The number of carbonyl (C=O) groups excluding carboxylic acids is 2. The van der Waals surface area contributed by atoms with Crippen LogP contribution in [-0.4, -0.2) is 70.4 Å². The largest absolute Gasteiger partial charge is 0.507 e. The predicted octanol–water partition coefficient (Wildman–Crippen LogP) is 5.15. The summed E-state index contributed by atoms with van der Waals surface area (Å²) < 4.78 is 31.3. The molecule has 3 bridgehead atoms. The van der Waals surface area contributed by atoms with Crippen molar-refractivity contribution in [2.75, 3.05) is 7.11 Å². The van der Waals surface area contributed by atoms with Gasteiger partial charge in [0.05, 0.1) is 35.6 Å². The van der Waals surface area contributed by atoms with Crippen molar-refractivity contribution in [1.29, 1.82) is 0 Å². The lowest BCUT2D eigenvalue weighted by Crippen LogP contribution is -2.68. The van der Waals surface area contributed by atoms with Crippen LogP contribution in [0.25, 0.3) is 0 Å². The van der Waals surface area contributed by atoms with Crippen molar-refractivity contribution in [2.45, 2.75) is 122 Å². The molecule has 3 N–H and O–H groups in total. The summed E-state index contributed by atoms with van der Waals surface area (Å²) in [7, 11) is 1.63. The van der Waals surface area contributed by atoms with E-state index in [2.05, 4.69) is 22.9 Å². The molecule has 0 aromatic heterocycles. The number of phenols is 1. The van der Waals surface area contributed by atoms with Gasteiger partial charge in [0.1, 0.15) is 18.0 Å². The highest BCUT2D eigenvalue weighted by Gasteiger charge is 2.64. The van der Waals surface area contributed by atoms with Crippen LogP contribution in [0.4, 0.5) is 0 Å². The summed E-state index contributed by atoms with van der Waals surface area (Å²) in [6.45, 7) is 11.3. The average molecular weight is 672 g/mol. The Morgan fingerprint density at radius 2 is 1.79 bits per heavy atom. The highest BCUT2D eigenvalue weighted by Crippen LogP contribution is 2.57. The van der Waals surface area contributed by atoms with Gasteiger partial charge in [-0.2, -0.15) is 0 Å². The van der Waals surface area contributed by atoms with E-state index in [0.717, 1.165) is 5.56 Å². The first-order valence-electron chi connectivity index (χ1n) is 15.2. The second kappa shape index (κ2) is 12.9. The molecule has 4 rings (SSSR count). The molecule has 0 saturated carbocycles. The van der Waals surface area contributed by atoms with Gasteiger partial charge in [0.25, 0.3) is 0 Å². The number of fused-ring (bicyclic) bond motifs is 2. The average Bonchev–Trinajstić information content (AvgIpc) is 2.90. The molecule has 0 amide bonds. The van der Waals surface area contributed by atoms with E-state index in [-0.39, 0.29) is 36.5 Å². The number of aliphatic hydroxyl groups is 2. The van der Waals surface area contributed by atoms with E-state index in [4.69, 9.17) is 23.7 Å². The summed E-state index contributed by atoms with van der Waals surface area (Å²) in [5.41, 5.74) is 0.239. The Kier molecular flexibility index (Phi) is 10.3. The van der Waals surface area contributed by atoms with Gasteiger partial charge in [-0.1, -0.05) is 40.7 Å². The quantitative estimate of drug-likeness (QED) is 0.334. The van der Waals surface area contributed by atoms with Crippen LogP contribution in [-0.2, 0) is 33.3 Å². The first-order valence-corrected chi connectivity index (χ1v) is 16.0. The zero-order valence-corrected chi connectivity index (χ0v) is 27.8. The van der Waals surface area contributed by atoms with Crippen molar-refractivity contribution in [3.63, 3.8) is 0 Å². The highest BCUT2D eigenvalue weighted by molar-refractivity contribution is 9.10. The molecule has 43 heavy (non-hydrogen) atoms. The number of phenolic OH excluding ortho intramolecular Hbond substituents is 1. The lowest BCUT2D eigenvalue weighted by Gasteiger charge is -2.61. The van der Waals surface area contributed by atoms with Crippen LogP contribution in [0, 0.1) is 23.2 Å². The number of methoxy groups -OCH3 is 1. The van der Waals surface area contributed by atoms with Crippen molar-refractivity contribution in [3.05, 3.63) is 28.2 Å². The van der Waals surface area contributed by atoms with Gasteiger partial charge >= 0.3 is 11.9 Å². The molecule has 1 aromatic rings. The van der Waals surface area contributed by atoms with Crippen LogP contribution in [0.5, 0.6) is 5.75 Å². The number of halogens is 1. The fourth-order valence-corrected chi connectivity index (χ4v) is 7.22. The Bertz CT molecular complexity index is 1170. The molecule has 1 aromatic carbocycles. The zero-order chi connectivity index (χ0) is 31.9. The van der Waals surface area contributed by atoms with Crippen LogP contribution >= 0.6 is 15.9 Å². The number of benzene rings is 1. The monoisotopic (exact) mass is 670 g/mol. The molecule has 1 spiro atoms. The number of esters is 2. The number of cyclic esters (lactones) is 1. The maximum atomic E-state index is 13.2. The molecule has 0 unspecified atom stereocenters. The van der Waals surface area contributed by atoms with Crippen molar-refractivity contribution in [1.82, 2.24) is 0 Å². The Morgan fingerprint density at radius 1 is 1.09 bits per heavy atom. The summed E-state index contributed by atoms with van der Waals surface area (Å²) in [5.74, 6) is -5.19. The minimum absolute atomic E-state index is 0.0509. The summed E-state index contributed by atoms with van der Waals surface area (Å²) in [6, 6.07) is 5.37. The summed E-state index contributed by atoms with van der Waals surface area (Å²) in [5, 5.41) is 32.2. The first-order chi connectivity index (χ1) is 20.0. The van der Waals surface area contributed by atoms with Crippen LogP contribution < -0.4 is 0 Å². The molecule has 3 fully saturated rings. The molecule has 242 valence electrons. The molecule has 3 aliphatic heterocycles. The van der Waals surface area contributed by atoms with E-state index in [1.807, 2.05) is 33.8 Å². The van der Waals surface area contributed by atoms with Gasteiger partial charge in [0.2, 0.25) is 0 Å². The number of rotatable bonds is 7. The van der Waals surface area contributed by atoms with Crippen molar-refractivity contribution in [3.8, 4) is 5.75 Å². The SMILES string of the molecule is CO[C@@H](CC[C@H](C)[C@H]1O[C@@]23C[C@H](OC(=O)C[C@H]([C@@H](C)O)OC(=O)C[C@](O)(O2)[C@H](C)CC3(C)C)[C@@H]1C)c1ccc(Br)c(O)c1. The third-order valence-corrected chi connectivity index (χ3v) is 10.5. The van der Waals surface area contributed by atoms with Gasteiger partial charge < -0.3 is 39.0 Å². The second-order valence-electron chi connectivity index (χ2n) is 13.5. The molecule has 3 heterocycles. The standard InChI is InChI=1S/C32H47BrO10/c1-17(8-11-24(39-7)21-9-10-22(33)23(35)12-21)29-19(3)26-15-32(42-29)30(5,6)14-18(2)31(38,43-32)16-28(37)40-25(20(4)34)13-27(36)41-26/h9-10,12,17-20,24-26,29,34-35,38H,8,11,13-16H2,1-7H3/t17-,18+,19-,20+,24-,25+,26-,29+,31-,32-/m0/s1. The number of aromatic hydroxyl groups is 1. The third-order valence-electron chi connectivity index (χ3n) is 9.80. The maximum absolute atomic E-state index is 13.2. The van der Waals surface area contributed by atoms with Crippen LogP contribution in [0.15, 0.2) is 22.7 Å². The number of aliphatic hydroxyl groups excluding tert-OH is 1. The fourth-order valence-electron chi connectivity index (χ4n) is 6.98. The molecule has 11 heteroatoms. The Morgan fingerprint density at radius 3 is 2.42 bits per heavy atom. The smallest absolute Gasteiger partial charge is 0.311 e. The highest BCUT2D eigenvalue weighted by atomic mass is 79.9. The molecule has 0 aliphatic carbocycles. The third kappa shape index (κ3) is 7.07. The van der Waals surface area contributed by atoms with Gasteiger partial charge in [0.15, 0.2) is 11.6 Å². The molecular weight excluding hydrogens is 624 g/mol. The molecule has 0 radical (unpaired) electrons. The topological polar surface area (TPSA) is 141 Å². The Labute approximate surface area is 262 Å². The second-order valence-corrected chi connectivity index (χ2v) is 14.4. The predicted molar refractivity (Wildman–Crippen MR) is 160 cm³/mol. The van der Waals surface area contributed by atoms with Crippen LogP contribution in [0.1, 0.15) is 91.7 Å². The molecule has 3 aliphatic rings. The van der Waals surface area contributed by atoms with E-state index >= 15 is 0 Å². The zero-order valence-electron chi connectivity index (χ0n) is 26.2. The molecule has 3 saturated heterocycles. The summed E-state index contributed by atoms with van der Waals surface area (Å²) in [4.78, 5) is 26.1. The van der Waals surface area contributed by atoms with E-state index < -0.39 is 65.7 Å².